The van der Waals surface area contributed by atoms with Gasteiger partial charge in [-0.2, -0.15) is 0 Å². The number of hydrogen-bond acceptors (Lipinski definition) is 1. The van der Waals surface area contributed by atoms with Crippen molar-refractivity contribution >= 4 is 39.1 Å². The Kier molecular flexibility index (Phi) is 5.08. The summed E-state index contributed by atoms with van der Waals surface area (Å²) in [5, 5.41) is 0.511. The molecule has 2 aromatic rings. The van der Waals surface area contributed by atoms with Crippen molar-refractivity contribution in [2.75, 3.05) is 0 Å². The largest absolute Gasteiger partial charge is 0.487 e. The van der Waals surface area contributed by atoms with Gasteiger partial charge in [0.2, 0.25) is 0 Å². The standard InChI is InChI=1S/C14H10BrCl2FO/c15-12-6-11(18)5-4-10(12)8-19-14-9(7-16)2-1-3-13(14)17/h1-6H,7-8H2. The molecule has 1 nitrogen and oxygen atoms in total. The first kappa shape index (κ1) is 14.6. The van der Waals surface area contributed by atoms with Crippen LogP contribution in [0.5, 0.6) is 5.75 Å². The summed E-state index contributed by atoms with van der Waals surface area (Å²) < 4.78 is 19.3. The van der Waals surface area contributed by atoms with E-state index in [-0.39, 0.29) is 12.4 Å². The number of ether oxygens (including phenoxy) is 1. The molecule has 2 aromatic carbocycles. The topological polar surface area (TPSA) is 9.23 Å². The molecule has 0 bridgehead atoms. The predicted molar refractivity (Wildman–Crippen MR) is 79.4 cm³/mol. The van der Waals surface area contributed by atoms with Crippen molar-refractivity contribution in [3.05, 3.63) is 62.8 Å². The van der Waals surface area contributed by atoms with Gasteiger partial charge in [-0.05, 0) is 18.2 Å². The summed E-state index contributed by atoms with van der Waals surface area (Å²) in [4.78, 5) is 0. The van der Waals surface area contributed by atoms with Crippen LogP contribution in [0.2, 0.25) is 5.02 Å². The fraction of sp³-hybridized carbons (Fsp3) is 0.143. The number of rotatable bonds is 4. The van der Waals surface area contributed by atoms with Crippen molar-refractivity contribution in [3.63, 3.8) is 0 Å². The average molecular weight is 364 g/mol. The first-order valence-electron chi connectivity index (χ1n) is 5.52. The molecule has 2 rings (SSSR count). The highest BCUT2D eigenvalue weighted by Gasteiger charge is 2.09. The average Bonchev–Trinajstić information content (AvgIpc) is 2.39. The molecule has 0 atom stereocenters. The van der Waals surface area contributed by atoms with Gasteiger partial charge in [0.25, 0.3) is 0 Å². The predicted octanol–water partition coefficient (Wildman–Crippen LogP) is 5.56. The molecule has 0 saturated carbocycles. The van der Waals surface area contributed by atoms with Crippen molar-refractivity contribution in [1.82, 2.24) is 0 Å². The maximum atomic E-state index is 13.0. The van der Waals surface area contributed by atoms with Crippen LogP contribution in [0.25, 0.3) is 0 Å². The maximum absolute atomic E-state index is 13.0. The second-order valence-corrected chi connectivity index (χ2v) is 5.41. The summed E-state index contributed by atoms with van der Waals surface area (Å²) in [6.07, 6.45) is 0. The molecule has 0 saturated heterocycles. The molecular weight excluding hydrogens is 354 g/mol. The van der Waals surface area contributed by atoms with Gasteiger partial charge in [-0.25, -0.2) is 4.39 Å². The first-order valence-corrected chi connectivity index (χ1v) is 7.22. The van der Waals surface area contributed by atoms with Gasteiger partial charge in [-0.1, -0.05) is 45.7 Å². The molecular formula is C14H10BrCl2FO. The van der Waals surface area contributed by atoms with Crippen LogP contribution in [-0.4, -0.2) is 0 Å². The molecule has 0 aromatic heterocycles. The second-order valence-electron chi connectivity index (χ2n) is 3.89. The molecule has 0 radical (unpaired) electrons. The fourth-order valence-electron chi connectivity index (χ4n) is 1.61. The molecule has 0 aliphatic carbocycles. The van der Waals surface area contributed by atoms with Crippen LogP contribution in [-0.2, 0) is 12.5 Å². The van der Waals surface area contributed by atoms with Gasteiger partial charge in [-0.3, -0.25) is 0 Å². The Bertz CT molecular complexity index is 590. The Morgan fingerprint density at radius 2 is 1.95 bits per heavy atom. The summed E-state index contributed by atoms with van der Waals surface area (Å²) >= 11 is 15.2. The van der Waals surface area contributed by atoms with E-state index < -0.39 is 0 Å². The molecule has 5 heteroatoms. The minimum atomic E-state index is -0.296. The van der Waals surface area contributed by atoms with Gasteiger partial charge in [0.05, 0.1) is 10.9 Å². The lowest BCUT2D eigenvalue weighted by Gasteiger charge is -2.12. The SMILES string of the molecule is Fc1ccc(COc2c(Cl)cccc2CCl)c(Br)c1. The molecule has 0 aliphatic rings. The number of halogens is 4. The van der Waals surface area contributed by atoms with Crippen LogP contribution in [0.4, 0.5) is 4.39 Å². The van der Waals surface area contributed by atoms with Crippen molar-refractivity contribution in [3.8, 4) is 5.75 Å². The summed E-state index contributed by atoms with van der Waals surface area (Å²) in [6, 6.07) is 9.87. The Labute approximate surface area is 129 Å². The van der Waals surface area contributed by atoms with E-state index in [0.29, 0.717) is 21.1 Å². The highest BCUT2D eigenvalue weighted by atomic mass is 79.9. The van der Waals surface area contributed by atoms with E-state index in [9.17, 15) is 4.39 Å². The van der Waals surface area contributed by atoms with Gasteiger partial charge in [-0.15, -0.1) is 11.6 Å². The maximum Gasteiger partial charge on any atom is 0.142 e. The molecule has 19 heavy (non-hydrogen) atoms. The molecule has 0 aliphatic heterocycles. The molecule has 0 spiro atoms. The van der Waals surface area contributed by atoms with Crippen LogP contribution >= 0.6 is 39.1 Å². The molecule has 0 unspecified atom stereocenters. The zero-order valence-corrected chi connectivity index (χ0v) is 12.9. The smallest absolute Gasteiger partial charge is 0.142 e. The van der Waals surface area contributed by atoms with E-state index >= 15 is 0 Å². The summed E-state index contributed by atoms with van der Waals surface area (Å²) in [5.74, 6) is 0.589. The highest BCUT2D eigenvalue weighted by molar-refractivity contribution is 9.10. The van der Waals surface area contributed by atoms with Gasteiger partial charge < -0.3 is 4.74 Å². The third kappa shape index (κ3) is 3.62. The van der Waals surface area contributed by atoms with Gasteiger partial charge in [0.15, 0.2) is 0 Å². The molecule has 0 fully saturated rings. The van der Waals surface area contributed by atoms with Crippen LogP contribution in [0, 0.1) is 5.82 Å². The molecule has 0 N–H and O–H groups in total. The monoisotopic (exact) mass is 362 g/mol. The molecule has 0 heterocycles. The Balaban J connectivity index is 2.19. The number of para-hydroxylation sites is 1. The minimum Gasteiger partial charge on any atom is -0.487 e. The van der Waals surface area contributed by atoms with Crippen LogP contribution in [0.3, 0.4) is 0 Å². The normalized spacial score (nSPS) is 10.5. The van der Waals surface area contributed by atoms with E-state index in [1.165, 1.54) is 12.1 Å². The van der Waals surface area contributed by atoms with E-state index in [0.717, 1.165) is 11.1 Å². The van der Waals surface area contributed by atoms with Crippen LogP contribution in [0.15, 0.2) is 40.9 Å². The first-order chi connectivity index (χ1) is 9.11. The lowest BCUT2D eigenvalue weighted by Crippen LogP contribution is -1.99. The number of alkyl halides is 1. The van der Waals surface area contributed by atoms with Crippen LogP contribution in [0.1, 0.15) is 11.1 Å². The fourth-order valence-corrected chi connectivity index (χ4v) is 2.53. The number of hydrogen-bond donors (Lipinski definition) is 0. The van der Waals surface area contributed by atoms with E-state index in [1.807, 2.05) is 12.1 Å². The van der Waals surface area contributed by atoms with Crippen molar-refractivity contribution in [2.24, 2.45) is 0 Å². The quantitative estimate of drug-likeness (QED) is 0.646. The zero-order chi connectivity index (χ0) is 13.8. The van der Waals surface area contributed by atoms with Crippen molar-refractivity contribution < 1.29 is 9.13 Å². The third-order valence-corrected chi connectivity index (χ3v) is 3.90. The van der Waals surface area contributed by atoms with E-state index in [1.54, 1.807) is 12.1 Å². The Hall–Kier alpha value is -0.770. The van der Waals surface area contributed by atoms with Crippen LogP contribution < -0.4 is 4.74 Å². The van der Waals surface area contributed by atoms with Crippen molar-refractivity contribution in [1.29, 1.82) is 0 Å². The molecule has 0 amide bonds. The van der Waals surface area contributed by atoms with Gasteiger partial charge in [0, 0.05) is 15.6 Å². The summed E-state index contributed by atoms with van der Waals surface area (Å²) in [7, 11) is 0. The Morgan fingerprint density at radius 3 is 2.63 bits per heavy atom. The van der Waals surface area contributed by atoms with Gasteiger partial charge in [0.1, 0.15) is 18.2 Å². The zero-order valence-electron chi connectivity index (χ0n) is 9.80. The lowest BCUT2D eigenvalue weighted by molar-refractivity contribution is 0.303. The van der Waals surface area contributed by atoms with E-state index in [4.69, 9.17) is 27.9 Å². The summed E-state index contributed by atoms with van der Waals surface area (Å²) in [6.45, 7) is 0.286. The van der Waals surface area contributed by atoms with E-state index in [2.05, 4.69) is 15.9 Å². The minimum absolute atomic E-state index is 0.286. The number of benzene rings is 2. The summed E-state index contributed by atoms with van der Waals surface area (Å²) in [5.41, 5.74) is 1.66. The van der Waals surface area contributed by atoms with Crippen molar-refractivity contribution in [2.45, 2.75) is 12.5 Å². The second kappa shape index (κ2) is 6.60. The third-order valence-electron chi connectivity index (χ3n) is 2.58. The Morgan fingerprint density at radius 1 is 1.16 bits per heavy atom. The molecule has 100 valence electrons. The lowest BCUT2D eigenvalue weighted by atomic mass is 10.2. The van der Waals surface area contributed by atoms with Gasteiger partial charge >= 0.3 is 0 Å². The highest BCUT2D eigenvalue weighted by Crippen LogP contribution is 2.31.